The highest BCUT2D eigenvalue weighted by molar-refractivity contribution is 5.99. The lowest BCUT2D eigenvalue weighted by molar-refractivity contribution is -0.120. The molecule has 1 aromatic heterocycles. The third kappa shape index (κ3) is 4.74. The Kier molecular flexibility index (Phi) is 5.87. The van der Waals surface area contributed by atoms with Crippen molar-refractivity contribution in [2.45, 2.75) is 37.6 Å². The third-order valence-corrected chi connectivity index (χ3v) is 4.86. The van der Waals surface area contributed by atoms with E-state index in [9.17, 15) is 18.4 Å². The molecule has 150 valence electrons. The third-order valence-electron chi connectivity index (χ3n) is 4.86. The van der Waals surface area contributed by atoms with Crippen LogP contribution in [0, 0.1) is 11.3 Å². The van der Waals surface area contributed by atoms with Crippen LogP contribution in [0.4, 0.5) is 8.78 Å². The molecule has 0 saturated heterocycles. The smallest absolute Gasteiger partial charge is 0.253 e. The van der Waals surface area contributed by atoms with Crippen LogP contribution in [-0.2, 0) is 4.79 Å². The summed E-state index contributed by atoms with van der Waals surface area (Å²) in [4.78, 5) is 28.3. The van der Waals surface area contributed by atoms with Gasteiger partial charge in [0.15, 0.2) is 0 Å². The van der Waals surface area contributed by atoms with Gasteiger partial charge in [0.1, 0.15) is 6.04 Å². The van der Waals surface area contributed by atoms with Gasteiger partial charge in [-0.1, -0.05) is 24.3 Å². The van der Waals surface area contributed by atoms with E-state index in [1.807, 2.05) is 12.1 Å². The summed E-state index contributed by atoms with van der Waals surface area (Å²) in [6, 6.07) is 7.96. The quantitative estimate of drug-likeness (QED) is 0.809. The fourth-order valence-corrected chi connectivity index (χ4v) is 3.24. The second-order valence-corrected chi connectivity index (χ2v) is 6.92. The molecule has 0 unspecified atom stereocenters. The van der Waals surface area contributed by atoms with Gasteiger partial charge in [0, 0.05) is 37.0 Å². The molecule has 2 N–H and O–H groups in total. The Hall–Kier alpha value is -3.34. The predicted molar refractivity (Wildman–Crippen MR) is 104 cm³/mol. The number of benzene rings is 1. The van der Waals surface area contributed by atoms with Gasteiger partial charge in [0.05, 0.1) is 23.6 Å². The molecule has 1 atom stereocenters. The minimum atomic E-state index is -2.67. The van der Waals surface area contributed by atoms with E-state index >= 15 is 0 Å². The lowest BCUT2D eigenvalue weighted by Crippen LogP contribution is -2.37. The van der Waals surface area contributed by atoms with Crippen LogP contribution in [0.25, 0.3) is 16.5 Å². The number of hydrogen-bond acceptors (Lipinski definition) is 4. The van der Waals surface area contributed by atoms with Crippen LogP contribution in [0.5, 0.6) is 0 Å². The van der Waals surface area contributed by atoms with E-state index in [0.717, 1.165) is 11.1 Å². The number of para-hydroxylation sites is 1. The molecular weight excluding hydrogens is 378 g/mol. The highest BCUT2D eigenvalue weighted by atomic mass is 19.3. The number of nitrogens with one attached hydrogen (secondary N) is 2. The Morgan fingerprint density at radius 1 is 1.38 bits per heavy atom. The lowest BCUT2D eigenvalue weighted by Gasteiger charge is -2.22. The van der Waals surface area contributed by atoms with Crippen molar-refractivity contribution in [3.8, 4) is 6.07 Å². The number of amides is 2. The van der Waals surface area contributed by atoms with E-state index in [0.29, 0.717) is 10.9 Å². The van der Waals surface area contributed by atoms with Gasteiger partial charge >= 0.3 is 0 Å². The molecular formula is C21H20F2N4O2. The molecule has 1 aliphatic rings. The van der Waals surface area contributed by atoms with Crippen LogP contribution in [0.15, 0.2) is 36.5 Å². The van der Waals surface area contributed by atoms with Gasteiger partial charge in [0.2, 0.25) is 5.91 Å². The number of nitriles is 1. The predicted octanol–water partition coefficient (Wildman–Crippen LogP) is 3.20. The van der Waals surface area contributed by atoms with E-state index in [2.05, 4.69) is 15.6 Å². The molecule has 1 aliphatic carbocycles. The highest BCUT2D eigenvalue weighted by Gasteiger charge is 2.31. The van der Waals surface area contributed by atoms with Gasteiger partial charge in [-0.3, -0.25) is 14.6 Å². The molecule has 0 aliphatic heterocycles. The van der Waals surface area contributed by atoms with Gasteiger partial charge in [-0.15, -0.1) is 0 Å². The first kappa shape index (κ1) is 20.4. The number of rotatable bonds is 5. The molecule has 0 fully saturated rings. The Bertz CT molecular complexity index is 1030. The van der Waals surface area contributed by atoms with E-state index in [1.54, 1.807) is 24.3 Å². The molecule has 1 heterocycles. The van der Waals surface area contributed by atoms with Gasteiger partial charge in [-0.05, 0) is 18.1 Å². The van der Waals surface area contributed by atoms with Crippen LogP contribution in [0.2, 0.25) is 0 Å². The average Bonchev–Trinajstić information content (AvgIpc) is 2.72. The normalized spacial score (nSPS) is 16.4. The van der Waals surface area contributed by atoms with E-state index in [-0.39, 0.29) is 37.2 Å². The number of carbonyl (C=O) groups excluding carboxylic acids is 2. The summed E-state index contributed by atoms with van der Waals surface area (Å²) < 4.78 is 26.9. The highest BCUT2D eigenvalue weighted by Crippen LogP contribution is 2.37. The molecule has 8 heteroatoms. The molecule has 2 aromatic rings. The maximum Gasteiger partial charge on any atom is 0.253 e. The van der Waals surface area contributed by atoms with Crippen molar-refractivity contribution in [2.75, 3.05) is 7.05 Å². The van der Waals surface area contributed by atoms with E-state index in [4.69, 9.17) is 5.26 Å². The fourth-order valence-electron chi connectivity index (χ4n) is 3.24. The number of hydrogen-bond donors (Lipinski definition) is 2. The van der Waals surface area contributed by atoms with Crippen LogP contribution in [0.3, 0.4) is 0 Å². The summed E-state index contributed by atoms with van der Waals surface area (Å²) in [6.07, 6.45) is 2.56. The number of fused-ring (bicyclic) bond motifs is 1. The number of halogens is 2. The van der Waals surface area contributed by atoms with Crippen LogP contribution in [0.1, 0.15) is 41.6 Å². The van der Waals surface area contributed by atoms with Crippen LogP contribution < -0.4 is 10.6 Å². The van der Waals surface area contributed by atoms with Crippen molar-refractivity contribution in [1.82, 2.24) is 15.6 Å². The van der Waals surface area contributed by atoms with Crippen molar-refractivity contribution < 1.29 is 18.4 Å². The zero-order valence-corrected chi connectivity index (χ0v) is 15.8. The summed E-state index contributed by atoms with van der Waals surface area (Å²) in [5, 5.41) is 14.7. The standard InChI is InChI=1S/C21H20F2N4O2/c1-25-18(28)10-16(11-24)27-20(29)15-9-14-3-2-4-17(19(14)26-12-15)13-5-7-21(22,23)8-6-13/h2-5,9,12,16H,6-8,10H2,1H3,(H,25,28)(H,27,29)/t16-/m1/s1. The zero-order valence-electron chi connectivity index (χ0n) is 15.8. The molecule has 1 aromatic carbocycles. The monoisotopic (exact) mass is 398 g/mol. The molecule has 0 radical (unpaired) electrons. The van der Waals surface area contributed by atoms with Crippen molar-refractivity contribution in [2.24, 2.45) is 0 Å². The Labute approximate surface area is 166 Å². The first-order valence-electron chi connectivity index (χ1n) is 9.20. The number of pyridine rings is 1. The summed E-state index contributed by atoms with van der Waals surface area (Å²) in [7, 11) is 1.45. The van der Waals surface area contributed by atoms with Crippen LogP contribution >= 0.6 is 0 Å². The minimum Gasteiger partial charge on any atom is -0.359 e. The van der Waals surface area contributed by atoms with Crippen molar-refractivity contribution in [3.63, 3.8) is 0 Å². The van der Waals surface area contributed by atoms with Crippen molar-refractivity contribution in [3.05, 3.63) is 47.7 Å². The largest absolute Gasteiger partial charge is 0.359 e. The van der Waals surface area contributed by atoms with Gasteiger partial charge in [-0.2, -0.15) is 5.26 Å². The van der Waals surface area contributed by atoms with Gasteiger partial charge in [-0.25, -0.2) is 8.78 Å². The van der Waals surface area contributed by atoms with Crippen molar-refractivity contribution >= 4 is 28.3 Å². The number of nitrogens with zero attached hydrogens (tertiary/aromatic N) is 2. The maximum atomic E-state index is 13.4. The zero-order chi connectivity index (χ0) is 21.0. The first-order valence-corrected chi connectivity index (χ1v) is 9.20. The summed E-state index contributed by atoms with van der Waals surface area (Å²) in [5.74, 6) is -3.54. The fraction of sp³-hybridized carbons (Fsp3) is 0.333. The Morgan fingerprint density at radius 2 is 2.17 bits per heavy atom. The molecule has 3 rings (SSSR count). The average molecular weight is 398 g/mol. The van der Waals surface area contributed by atoms with Crippen LogP contribution in [-0.4, -0.2) is 35.8 Å². The minimum absolute atomic E-state index is 0.150. The molecule has 2 amide bonds. The maximum absolute atomic E-state index is 13.4. The van der Waals surface area contributed by atoms with Gasteiger partial charge < -0.3 is 10.6 Å². The second kappa shape index (κ2) is 8.35. The molecule has 0 bridgehead atoms. The molecule has 0 spiro atoms. The van der Waals surface area contributed by atoms with Gasteiger partial charge in [0.25, 0.3) is 11.8 Å². The van der Waals surface area contributed by atoms with Crippen molar-refractivity contribution in [1.29, 1.82) is 5.26 Å². The summed E-state index contributed by atoms with van der Waals surface area (Å²) in [6.45, 7) is 0. The Balaban J connectivity index is 1.84. The summed E-state index contributed by atoms with van der Waals surface area (Å²) in [5.41, 5.74) is 2.47. The van der Waals surface area contributed by atoms with E-state index < -0.39 is 17.9 Å². The Morgan fingerprint density at radius 3 is 2.83 bits per heavy atom. The first-order chi connectivity index (χ1) is 13.8. The molecule has 29 heavy (non-hydrogen) atoms. The number of alkyl halides is 2. The SMILES string of the molecule is CNC(=O)C[C@H](C#N)NC(=O)c1cnc2c(C3=CCC(F)(F)CC3)cccc2c1. The number of carbonyl (C=O) groups is 2. The topological polar surface area (TPSA) is 94.9 Å². The lowest BCUT2D eigenvalue weighted by atomic mass is 9.90. The number of allylic oxidation sites excluding steroid dienone is 2. The second-order valence-electron chi connectivity index (χ2n) is 6.92. The molecule has 6 nitrogen and oxygen atoms in total. The van der Waals surface area contributed by atoms with E-state index in [1.165, 1.54) is 13.2 Å². The molecule has 0 saturated carbocycles. The number of aromatic nitrogens is 1. The summed E-state index contributed by atoms with van der Waals surface area (Å²) >= 11 is 0.